The monoisotopic (exact) mass is 388 g/mol. The average Bonchev–Trinajstić information content (AvgIpc) is 3.13. The predicted molar refractivity (Wildman–Crippen MR) is 112 cm³/mol. The third-order valence-corrected chi connectivity index (χ3v) is 4.38. The molecule has 0 unspecified atom stereocenters. The number of hydrogen-bond acceptors (Lipinski definition) is 5. The quantitative estimate of drug-likeness (QED) is 0.509. The first kappa shape index (κ1) is 17.8. The Morgan fingerprint density at radius 1 is 1.04 bits per heavy atom. The van der Waals surface area contributed by atoms with Crippen LogP contribution in [0, 0.1) is 6.92 Å². The SMILES string of the molecule is Cc1ccccc1C(=O)NC(=S)Nc1ccc(-c2nc3ncccc3o2)cc1. The molecular formula is C21H16N4O2S. The lowest BCUT2D eigenvalue weighted by molar-refractivity contribution is 0.0977. The van der Waals surface area contributed by atoms with Crippen LogP contribution < -0.4 is 10.6 Å². The van der Waals surface area contributed by atoms with E-state index in [1.54, 1.807) is 18.3 Å². The van der Waals surface area contributed by atoms with Gasteiger partial charge in [0.1, 0.15) is 0 Å². The molecular weight excluding hydrogens is 372 g/mol. The number of carbonyl (C=O) groups is 1. The summed E-state index contributed by atoms with van der Waals surface area (Å²) in [7, 11) is 0. The Labute approximate surface area is 166 Å². The van der Waals surface area contributed by atoms with Crippen molar-refractivity contribution in [3.63, 3.8) is 0 Å². The van der Waals surface area contributed by atoms with Crippen molar-refractivity contribution in [2.75, 3.05) is 5.32 Å². The maximum absolute atomic E-state index is 12.3. The summed E-state index contributed by atoms with van der Waals surface area (Å²) in [5.41, 5.74) is 4.25. The molecule has 4 aromatic rings. The molecule has 0 saturated heterocycles. The number of nitrogens with one attached hydrogen (secondary N) is 2. The van der Waals surface area contributed by atoms with E-state index >= 15 is 0 Å². The van der Waals surface area contributed by atoms with Crippen molar-refractivity contribution in [1.82, 2.24) is 15.3 Å². The Hall–Kier alpha value is -3.58. The summed E-state index contributed by atoms with van der Waals surface area (Å²) >= 11 is 5.24. The van der Waals surface area contributed by atoms with Crippen molar-refractivity contribution >= 4 is 40.2 Å². The number of oxazole rings is 1. The molecule has 0 aliphatic carbocycles. The lowest BCUT2D eigenvalue weighted by Gasteiger charge is -2.11. The van der Waals surface area contributed by atoms with Gasteiger partial charge in [-0.3, -0.25) is 10.1 Å². The third-order valence-electron chi connectivity index (χ3n) is 4.17. The minimum absolute atomic E-state index is 0.229. The molecule has 0 spiro atoms. The Kier molecular flexibility index (Phi) is 4.82. The summed E-state index contributed by atoms with van der Waals surface area (Å²) < 4.78 is 5.71. The number of rotatable bonds is 3. The number of aromatic nitrogens is 2. The van der Waals surface area contributed by atoms with Gasteiger partial charge in [0.2, 0.25) is 5.89 Å². The fourth-order valence-corrected chi connectivity index (χ4v) is 2.96. The molecule has 0 atom stereocenters. The van der Waals surface area contributed by atoms with Gasteiger partial charge in [-0.25, -0.2) is 4.98 Å². The van der Waals surface area contributed by atoms with Crippen LogP contribution in [0.25, 0.3) is 22.7 Å². The Balaban J connectivity index is 1.43. The van der Waals surface area contributed by atoms with E-state index in [-0.39, 0.29) is 11.0 Å². The molecule has 2 heterocycles. The molecule has 2 aromatic heterocycles. The second-order valence-electron chi connectivity index (χ2n) is 6.14. The number of hydrogen-bond donors (Lipinski definition) is 2. The van der Waals surface area contributed by atoms with Gasteiger partial charge in [-0.05, 0) is 67.2 Å². The minimum atomic E-state index is -0.244. The van der Waals surface area contributed by atoms with Gasteiger partial charge >= 0.3 is 0 Å². The van der Waals surface area contributed by atoms with Crippen LogP contribution in [0.2, 0.25) is 0 Å². The van der Waals surface area contributed by atoms with Crippen LogP contribution in [0.4, 0.5) is 5.69 Å². The zero-order valence-corrected chi connectivity index (χ0v) is 15.8. The van der Waals surface area contributed by atoms with Crippen LogP contribution in [0.3, 0.4) is 0 Å². The van der Waals surface area contributed by atoms with Crippen molar-refractivity contribution in [1.29, 1.82) is 0 Å². The van der Waals surface area contributed by atoms with Crippen LogP contribution in [-0.2, 0) is 0 Å². The number of thiocarbonyl (C=S) groups is 1. The first-order chi connectivity index (χ1) is 13.6. The number of benzene rings is 2. The van der Waals surface area contributed by atoms with Crippen LogP contribution in [0.15, 0.2) is 71.3 Å². The largest absolute Gasteiger partial charge is 0.434 e. The number of amides is 1. The van der Waals surface area contributed by atoms with E-state index in [0.29, 0.717) is 22.7 Å². The van der Waals surface area contributed by atoms with E-state index in [2.05, 4.69) is 20.6 Å². The van der Waals surface area contributed by atoms with Crippen molar-refractivity contribution < 1.29 is 9.21 Å². The van der Waals surface area contributed by atoms with Crippen molar-refractivity contribution in [3.05, 3.63) is 78.0 Å². The molecule has 28 heavy (non-hydrogen) atoms. The highest BCUT2D eigenvalue weighted by atomic mass is 32.1. The van der Waals surface area contributed by atoms with E-state index in [4.69, 9.17) is 16.6 Å². The van der Waals surface area contributed by atoms with Gasteiger partial charge < -0.3 is 9.73 Å². The molecule has 0 aliphatic heterocycles. The van der Waals surface area contributed by atoms with Gasteiger partial charge in [0.05, 0.1) is 0 Å². The molecule has 138 valence electrons. The highest BCUT2D eigenvalue weighted by Crippen LogP contribution is 2.24. The lowest BCUT2D eigenvalue weighted by atomic mass is 10.1. The van der Waals surface area contributed by atoms with Gasteiger partial charge in [0.15, 0.2) is 16.3 Å². The standard InChI is InChI=1S/C21H16N4O2S/c1-13-5-2-3-6-16(13)19(26)25-21(28)23-15-10-8-14(9-11-15)20-24-18-17(27-20)7-4-12-22-18/h2-12H,1H3,(H2,23,25,26,28). The van der Waals surface area contributed by atoms with E-state index in [1.165, 1.54) is 0 Å². The lowest BCUT2D eigenvalue weighted by Crippen LogP contribution is -2.34. The highest BCUT2D eigenvalue weighted by molar-refractivity contribution is 7.80. The van der Waals surface area contributed by atoms with Gasteiger partial charge in [-0.15, -0.1) is 0 Å². The molecule has 2 aromatic carbocycles. The second kappa shape index (κ2) is 7.58. The predicted octanol–water partition coefficient (Wildman–Crippen LogP) is 4.33. The molecule has 0 bridgehead atoms. The number of carbonyl (C=O) groups excluding carboxylic acids is 1. The number of pyridine rings is 1. The number of nitrogens with zero attached hydrogens (tertiary/aromatic N) is 2. The van der Waals surface area contributed by atoms with E-state index in [1.807, 2.05) is 55.5 Å². The first-order valence-corrected chi connectivity index (χ1v) is 9.01. The maximum Gasteiger partial charge on any atom is 0.257 e. The molecule has 4 rings (SSSR count). The van der Waals surface area contributed by atoms with Crippen LogP contribution in [-0.4, -0.2) is 21.0 Å². The van der Waals surface area contributed by atoms with Gasteiger partial charge in [0.25, 0.3) is 5.91 Å². The molecule has 0 saturated carbocycles. The van der Waals surface area contributed by atoms with Crippen LogP contribution in [0.1, 0.15) is 15.9 Å². The molecule has 1 amide bonds. The van der Waals surface area contributed by atoms with Crippen LogP contribution >= 0.6 is 12.2 Å². The summed E-state index contributed by atoms with van der Waals surface area (Å²) in [6.45, 7) is 1.88. The topological polar surface area (TPSA) is 80.0 Å². The maximum atomic E-state index is 12.3. The summed E-state index contributed by atoms with van der Waals surface area (Å²) in [5, 5.41) is 5.92. The normalized spacial score (nSPS) is 10.6. The third kappa shape index (κ3) is 3.74. The Morgan fingerprint density at radius 3 is 2.57 bits per heavy atom. The van der Waals surface area contributed by atoms with Crippen molar-refractivity contribution in [2.45, 2.75) is 6.92 Å². The van der Waals surface area contributed by atoms with E-state index in [0.717, 1.165) is 16.8 Å². The number of fused-ring (bicyclic) bond motifs is 1. The zero-order valence-electron chi connectivity index (χ0n) is 15.0. The van der Waals surface area contributed by atoms with Crippen molar-refractivity contribution in [2.24, 2.45) is 0 Å². The average molecular weight is 388 g/mol. The Morgan fingerprint density at radius 2 is 1.82 bits per heavy atom. The van der Waals surface area contributed by atoms with E-state index < -0.39 is 0 Å². The molecule has 0 fully saturated rings. The smallest absolute Gasteiger partial charge is 0.257 e. The zero-order chi connectivity index (χ0) is 19.5. The minimum Gasteiger partial charge on any atom is -0.434 e. The molecule has 7 heteroatoms. The summed E-state index contributed by atoms with van der Waals surface area (Å²) in [6.07, 6.45) is 1.67. The number of anilines is 1. The summed E-state index contributed by atoms with van der Waals surface area (Å²) in [6, 6.07) is 18.4. The summed E-state index contributed by atoms with van der Waals surface area (Å²) in [5.74, 6) is 0.252. The van der Waals surface area contributed by atoms with E-state index in [9.17, 15) is 4.79 Å². The van der Waals surface area contributed by atoms with Crippen molar-refractivity contribution in [3.8, 4) is 11.5 Å². The summed E-state index contributed by atoms with van der Waals surface area (Å²) in [4.78, 5) is 20.9. The molecule has 2 N–H and O–H groups in total. The highest BCUT2D eigenvalue weighted by Gasteiger charge is 2.11. The molecule has 0 radical (unpaired) electrons. The fraction of sp³-hybridized carbons (Fsp3) is 0.0476. The first-order valence-electron chi connectivity index (χ1n) is 8.60. The fourth-order valence-electron chi connectivity index (χ4n) is 2.75. The molecule has 6 nitrogen and oxygen atoms in total. The second-order valence-corrected chi connectivity index (χ2v) is 6.55. The Bertz CT molecular complexity index is 1140. The molecule has 0 aliphatic rings. The van der Waals surface area contributed by atoms with Gasteiger partial charge in [-0.1, -0.05) is 18.2 Å². The van der Waals surface area contributed by atoms with Gasteiger partial charge in [0, 0.05) is 23.0 Å². The van der Waals surface area contributed by atoms with Gasteiger partial charge in [-0.2, -0.15) is 4.98 Å². The number of aryl methyl sites for hydroxylation is 1. The van der Waals surface area contributed by atoms with Crippen LogP contribution in [0.5, 0.6) is 0 Å².